The van der Waals surface area contributed by atoms with Gasteiger partial charge in [-0.2, -0.15) is 0 Å². The second-order valence-corrected chi connectivity index (χ2v) is 5.31. The summed E-state index contributed by atoms with van der Waals surface area (Å²) >= 11 is 0. The Balaban J connectivity index is 3.31. The number of ether oxygens (including phenoxy) is 1. The van der Waals surface area contributed by atoms with Crippen molar-refractivity contribution in [2.75, 3.05) is 66.6 Å². The first-order chi connectivity index (χ1) is 9.20. The molecule has 0 heterocycles. The minimum absolute atomic E-state index is 0.840. The summed E-state index contributed by atoms with van der Waals surface area (Å²) in [5.41, 5.74) is 0. The third-order valence-electron chi connectivity index (χ3n) is 3.20. The number of rotatable bonds is 14. The molecule has 0 radical (unpaired) electrons. The lowest BCUT2D eigenvalue weighted by atomic mass is 10.3. The highest BCUT2D eigenvalue weighted by Gasteiger charge is 2.01. The van der Waals surface area contributed by atoms with Crippen LogP contribution >= 0.6 is 0 Å². The van der Waals surface area contributed by atoms with Crippen molar-refractivity contribution >= 4 is 0 Å². The molecule has 0 atom stereocenters. The van der Waals surface area contributed by atoms with Crippen molar-refractivity contribution in [1.82, 2.24) is 15.1 Å². The molecule has 0 fully saturated rings. The molecule has 0 aliphatic rings. The molecular weight excluding hydrogens is 238 g/mol. The van der Waals surface area contributed by atoms with Crippen molar-refractivity contribution in [2.24, 2.45) is 0 Å². The summed E-state index contributed by atoms with van der Waals surface area (Å²) in [4.78, 5) is 4.76. The molecule has 116 valence electrons. The molecule has 4 nitrogen and oxygen atoms in total. The molecule has 0 aliphatic heterocycles. The van der Waals surface area contributed by atoms with E-state index in [9.17, 15) is 0 Å². The fourth-order valence-electron chi connectivity index (χ4n) is 1.89. The van der Waals surface area contributed by atoms with Crippen LogP contribution in [0.5, 0.6) is 0 Å². The van der Waals surface area contributed by atoms with E-state index in [1.165, 1.54) is 32.4 Å². The summed E-state index contributed by atoms with van der Waals surface area (Å²) in [5.74, 6) is 0. The highest BCUT2D eigenvalue weighted by molar-refractivity contribution is 4.59. The highest BCUT2D eigenvalue weighted by atomic mass is 16.5. The molecule has 19 heavy (non-hydrogen) atoms. The van der Waals surface area contributed by atoms with Gasteiger partial charge in [-0.15, -0.1) is 0 Å². The fraction of sp³-hybridized carbons (Fsp3) is 1.00. The minimum atomic E-state index is 0.840. The normalized spacial score (nSPS) is 11.7. The Bertz CT molecular complexity index is 177. The maximum atomic E-state index is 5.52. The minimum Gasteiger partial charge on any atom is -0.380 e. The van der Waals surface area contributed by atoms with Crippen LogP contribution in [0.15, 0.2) is 0 Å². The molecule has 0 amide bonds. The number of unbranched alkanes of at least 4 members (excludes halogenated alkanes) is 1. The Morgan fingerprint density at radius 2 is 1.68 bits per heavy atom. The molecular formula is C15H35N3O. The molecule has 4 heteroatoms. The second-order valence-electron chi connectivity index (χ2n) is 5.31. The number of hydrogen-bond acceptors (Lipinski definition) is 4. The van der Waals surface area contributed by atoms with E-state index in [4.69, 9.17) is 4.74 Å². The smallest absolute Gasteiger partial charge is 0.0590 e. The largest absolute Gasteiger partial charge is 0.380 e. The first kappa shape index (κ1) is 18.8. The molecule has 0 aromatic carbocycles. The Morgan fingerprint density at radius 3 is 2.32 bits per heavy atom. The number of nitrogens with zero attached hydrogens (tertiary/aromatic N) is 2. The van der Waals surface area contributed by atoms with Crippen LogP contribution < -0.4 is 5.32 Å². The van der Waals surface area contributed by atoms with Gasteiger partial charge in [0, 0.05) is 26.2 Å². The van der Waals surface area contributed by atoms with Gasteiger partial charge in [-0.3, -0.25) is 0 Å². The van der Waals surface area contributed by atoms with E-state index in [-0.39, 0.29) is 0 Å². The summed E-state index contributed by atoms with van der Waals surface area (Å²) in [6.07, 6.45) is 3.64. The van der Waals surface area contributed by atoms with Crippen LogP contribution in [-0.4, -0.2) is 76.4 Å². The second kappa shape index (κ2) is 14.3. The Labute approximate surface area is 120 Å². The van der Waals surface area contributed by atoms with Crippen LogP contribution in [0.1, 0.15) is 33.1 Å². The summed E-state index contributed by atoms with van der Waals surface area (Å²) in [6.45, 7) is 12.9. The quantitative estimate of drug-likeness (QED) is 0.487. The van der Waals surface area contributed by atoms with Crippen molar-refractivity contribution < 1.29 is 4.74 Å². The molecule has 0 saturated heterocycles. The van der Waals surface area contributed by atoms with Crippen molar-refractivity contribution in [1.29, 1.82) is 0 Å². The number of nitrogens with one attached hydrogen (secondary N) is 1. The molecule has 0 aromatic rings. The van der Waals surface area contributed by atoms with Crippen LogP contribution in [0, 0.1) is 0 Å². The first-order valence-corrected chi connectivity index (χ1v) is 7.86. The lowest BCUT2D eigenvalue weighted by Gasteiger charge is -2.21. The Morgan fingerprint density at radius 1 is 0.895 bits per heavy atom. The lowest BCUT2D eigenvalue weighted by molar-refractivity contribution is 0.132. The molecule has 0 saturated carbocycles. The number of hydrogen-bond donors (Lipinski definition) is 1. The Hall–Kier alpha value is -0.160. The van der Waals surface area contributed by atoms with Crippen molar-refractivity contribution in [3.63, 3.8) is 0 Å². The van der Waals surface area contributed by atoms with Gasteiger partial charge in [0.15, 0.2) is 0 Å². The summed E-state index contributed by atoms with van der Waals surface area (Å²) < 4.78 is 5.52. The van der Waals surface area contributed by atoms with Crippen LogP contribution in [0.3, 0.4) is 0 Å². The fourth-order valence-corrected chi connectivity index (χ4v) is 1.89. The van der Waals surface area contributed by atoms with Gasteiger partial charge < -0.3 is 19.9 Å². The van der Waals surface area contributed by atoms with Gasteiger partial charge in [0.25, 0.3) is 0 Å². The maximum Gasteiger partial charge on any atom is 0.0590 e. The zero-order valence-corrected chi connectivity index (χ0v) is 13.6. The summed E-state index contributed by atoms with van der Waals surface area (Å²) in [5, 5.41) is 3.45. The van der Waals surface area contributed by atoms with E-state index < -0.39 is 0 Å². The molecule has 0 aromatic heterocycles. The topological polar surface area (TPSA) is 27.7 Å². The van der Waals surface area contributed by atoms with Crippen LogP contribution in [0.2, 0.25) is 0 Å². The van der Waals surface area contributed by atoms with E-state index in [1.807, 2.05) is 0 Å². The average molecular weight is 273 g/mol. The summed E-state index contributed by atoms with van der Waals surface area (Å²) in [7, 11) is 4.27. The Kier molecular flexibility index (Phi) is 14.1. The van der Waals surface area contributed by atoms with E-state index in [0.717, 1.165) is 39.4 Å². The van der Waals surface area contributed by atoms with Gasteiger partial charge in [0.05, 0.1) is 6.61 Å². The zero-order valence-electron chi connectivity index (χ0n) is 13.6. The third kappa shape index (κ3) is 14.1. The SMILES string of the molecule is CCCCOCCNCCN(CC)CCCN(C)C. The standard InChI is InChI=1S/C15H35N3O/c1-5-7-14-19-15-10-16-9-13-18(6-2)12-8-11-17(3)4/h16H,5-15H2,1-4H3. The first-order valence-electron chi connectivity index (χ1n) is 7.86. The van der Waals surface area contributed by atoms with Crippen LogP contribution in [0.4, 0.5) is 0 Å². The van der Waals surface area contributed by atoms with Crippen LogP contribution in [-0.2, 0) is 4.74 Å². The van der Waals surface area contributed by atoms with Gasteiger partial charge in [-0.25, -0.2) is 0 Å². The van der Waals surface area contributed by atoms with Crippen molar-refractivity contribution in [3.05, 3.63) is 0 Å². The van der Waals surface area contributed by atoms with Gasteiger partial charge in [0.1, 0.15) is 0 Å². The molecule has 0 unspecified atom stereocenters. The highest BCUT2D eigenvalue weighted by Crippen LogP contribution is 1.92. The zero-order chi connectivity index (χ0) is 14.3. The van der Waals surface area contributed by atoms with E-state index in [1.54, 1.807) is 0 Å². The predicted octanol–water partition coefficient (Wildman–Crippen LogP) is 1.67. The lowest BCUT2D eigenvalue weighted by Crippen LogP contribution is -2.34. The van der Waals surface area contributed by atoms with Gasteiger partial charge in [-0.1, -0.05) is 20.3 Å². The molecule has 1 N–H and O–H groups in total. The molecule has 0 rings (SSSR count). The third-order valence-corrected chi connectivity index (χ3v) is 3.20. The van der Waals surface area contributed by atoms with E-state index in [0.29, 0.717) is 0 Å². The molecule has 0 aliphatic carbocycles. The maximum absolute atomic E-state index is 5.52. The van der Waals surface area contributed by atoms with E-state index >= 15 is 0 Å². The van der Waals surface area contributed by atoms with Gasteiger partial charge in [0.2, 0.25) is 0 Å². The van der Waals surface area contributed by atoms with E-state index in [2.05, 4.69) is 43.1 Å². The number of likely N-dealkylation sites (N-methyl/N-ethyl adjacent to an activating group) is 1. The van der Waals surface area contributed by atoms with Gasteiger partial charge in [-0.05, 0) is 46.6 Å². The molecule has 0 bridgehead atoms. The summed E-state index contributed by atoms with van der Waals surface area (Å²) in [6, 6.07) is 0. The average Bonchev–Trinajstić information content (AvgIpc) is 2.39. The van der Waals surface area contributed by atoms with Crippen molar-refractivity contribution in [2.45, 2.75) is 33.1 Å². The van der Waals surface area contributed by atoms with Gasteiger partial charge >= 0.3 is 0 Å². The van der Waals surface area contributed by atoms with Crippen LogP contribution in [0.25, 0.3) is 0 Å². The monoisotopic (exact) mass is 273 g/mol. The van der Waals surface area contributed by atoms with Crippen molar-refractivity contribution in [3.8, 4) is 0 Å². The molecule has 0 spiro atoms. The predicted molar refractivity (Wildman–Crippen MR) is 83.9 cm³/mol.